The van der Waals surface area contributed by atoms with Crippen LogP contribution in [0, 0.1) is 5.82 Å². The molecule has 0 bridgehead atoms. The average molecular weight is 500 g/mol. The molecule has 0 aliphatic carbocycles. The smallest absolute Gasteiger partial charge is 0.313 e. The molecule has 9 heteroatoms. The van der Waals surface area contributed by atoms with Crippen molar-refractivity contribution in [3.05, 3.63) is 83.4 Å². The Hall–Kier alpha value is -4.40. The van der Waals surface area contributed by atoms with Crippen molar-refractivity contribution in [3.63, 3.8) is 0 Å². The molecule has 188 valence electrons. The largest absolute Gasteiger partial charge is 0.481 e. The van der Waals surface area contributed by atoms with Crippen LogP contribution in [0.2, 0.25) is 0 Å². The molecule has 2 aromatic carbocycles. The van der Waals surface area contributed by atoms with Crippen LogP contribution in [-0.4, -0.2) is 36.7 Å². The van der Waals surface area contributed by atoms with Gasteiger partial charge >= 0.3 is 5.97 Å². The highest BCUT2D eigenvalue weighted by Crippen LogP contribution is 2.34. The number of carboxylic acid groups (broad SMARTS) is 1. The zero-order valence-corrected chi connectivity index (χ0v) is 20.9. The standard InChI is InChI=1S/C28H26FN5O3/c1-16(2)34-15-30-32-25(34)23-6-5-7-24(31-23)33-14-18-9-8-17(12-21(18)26(33)35)20-11-10-19(13-22(20)29)28(3,4)27(36)37/h5-13,15-16H,14H2,1-4H3,(H,36,37). The second kappa shape index (κ2) is 8.92. The van der Waals surface area contributed by atoms with E-state index < -0.39 is 17.2 Å². The van der Waals surface area contributed by atoms with Crippen molar-refractivity contribution in [2.24, 2.45) is 0 Å². The predicted octanol–water partition coefficient (Wildman–Crippen LogP) is 5.25. The first-order valence-corrected chi connectivity index (χ1v) is 11.9. The summed E-state index contributed by atoms with van der Waals surface area (Å²) in [5.41, 5.74) is 1.88. The lowest BCUT2D eigenvalue weighted by Crippen LogP contribution is -2.28. The molecule has 0 saturated heterocycles. The third kappa shape index (κ3) is 4.16. The van der Waals surface area contributed by atoms with Crippen LogP contribution in [0.5, 0.6) is 0 Å². The van der Waals surface area contributed by atoms with E-state index in [0.29, 0.717) is 46.1 Å². The summed E-state index contributed by atoms with van der Waals surface area (Å²) in [6, 6.07) is 15.3. The van der Waals surface area contributed by atoms with E-state index in [9.17, 15) is 14.7 Å². The minimum absolute atomic E-state index is 0.149. The van der Waals surface area contributed by atoms with Crippen molar-refractivity contribution in [2.75, 3.05) is 4.90 Å². The first-order chi connectivity index (χ1) is 17.6. The van der Waals surface area contributed by atoms with Crippen molar-refractivity contribution >= 4 is 17.7 Å². The fourth-order valence-electron chi connectivity index (χ4n) is 4.42. The number of pyridine rings is 1. The molecule has 0 spiro atoms. The molecule has 1 aliphatic heterocycles. The molecular formula is C28H26FN5O3. The van der Waals surface area contributed by atoms with Gasteiger partial charge in [0.1, 0.15) is 23.7 Å². The molecule has 5 rings (SSSR count). The molecule has 8 nitrogen and oxygen atoms in total. The Morgan fingerprint density at radius 2 is 1.86 bits per heavy atom. The Morgan fingerprint density at radius 3 is 2.57 bits per heavy atom. The van der Waals surface area contributed by atoms with Crippen LogP contribution in [0.3, 0.4) is 0 Å². The summed E-state index contributed by atoms with van der Waals surface area (Å²) < 4.78 is 17.0. The third-order valence-corrected chi connectivity index (χ3v) is 6.82. The number of rotatable bonds is 6. The molecule has 3 heterocycles. The number of aromatic nitrogens is 4. The van der Waals surface area contributed by atoms with Crippen molar-refractivity contribution < 1.29 is 19.1 Å². The zero-order chi connectivity index (χ0) is 26.5. The van der Waals surface area contributed by atoms with Gasteiger partial charge in [-0.2, -0.15) is 0 Å². The van der Waals surface area contributed by atoms with E-state index in [0.717, 1.165) is 5.56 Å². The Bertz CT molecular complexity index is 1540. The molecule has 0 radical (unpaired) electrons. The van der Waals surface area contributed by atoms with Crippen LogP contribution >= 0.6 is 0 Å². The highest BCUT2D eigenvalue weighted by molar-refractivity contribution is 6.10. The highest BCUT2D eigenvalue weighted by Gasteiger charge is 2.32. The fraction of sp³-hybridized carbons (Fsp3) is 0.250. The molecule has 0 fully saturated rings. The van der Waals surface area contributed by atoms with Gasteiger partial charge in [0, 0.05) is 17.2 Å². The second-order valence-corrected chi connectivity index (χ2v) is 9.92. The summed E-state index contributed by atoms with van der Waals surface area (Å²) in [6.45, 7) is 7.46. The van der Waals surface area contributed by atoms with Gasteiger partial charge in [-0.1, -0.05) is 30.3 Å². The molecule has 0 atom stereocenters. The molecule has 2 aromatic heterocycles. The summed E-state index contributed by atoms with van der Waals surface area (Å²) in [4.78, 5) is 31.2. The number of carboxylic acids is 1. The number of hydrogen-bond acceptors (Lipinski definition) is 5. The van der Waals surface area contributed by atoms with E-state index >= 15 is 4.39 Å². The Kier molecular flexibility index (Phi) is 5.86. The lowest BCUT2D eigenvalue weighted by atomic mass is 9.84. The topological polar surface area (TPSA) is 101 Å². The lowest BCUT2D eigenvalue weighted by Gasteiger charge is -2.20. The number of halogens is 1. The number of carbonyl (C=O) groups excluding carboxylic acids is 1. The summed E-state index contributed by atoms with van der Waals surface area (Å²) in [5.74, 6) is -0.697. The van der Waals surface area contributed by atoms with Crippen LogP contribution < -0.4 is 4.90 Å². The normalized spacial score (nSPS) is 13.4. The summed E-state index contributed by atoms with van der Waals surface area (Å²) in [6.07, 6.45) is 1.65. The van der Waals surface area contributed by atoms with E-state index in [2.05, 4.69) is 15.2 Å². The number of carbonyl (C=O) groups is 2. The van der Waals surface area contributed by atoms with Crippen molar-refractivity contribution in [2.45, 2.75) is 45.7 Å². The number of nitrogens with zero attached hydrogens (tertiary/aromatic N) is 5. The van der Waals surface area contributed by atoms with Gasteiger partial charge < -0.3 is 9.67 Å². The van der Waals surface area contributed by atoms with Gasteiger partial charge in [0.2, 0.25) is 0 Å². The first kappa shape index (κ1) is 24.3. The number of amides is 1. The molecular weight excluding hydrogens is 473 g/mol. The van der Waals surface area contributed by atoms with Gasteiger partial charge in [-0.3, -0.25) is 14.5 Å². The minimum Gasteiger partial charge on any atom is -0.481 e. The van der Waals surface area contributed by atoms with Gasteiger partial charge in [0.15, 0.2) is 5.82 Å². The summed E-state index contributed by atoms with van der Waals surface area (Å²) >= 11 is 0. The van der Waals surface area contributed by atoms with Crippen LogP contribution in [0.25, 0.3) is 22.6 Å². The van der Waals surface area contributed by atoms with Crippen molar-refractivity contribution in [3.8, 4) is 22.6 Å². The minimum atomic E-state index is -1.22. The summed E-state index contributed by atoms with van der Waals surface area (Å²) in [5, 5.41) is 17.7. The molecule has 1 aliphatic rings. The molecule has 1 N–H and O–H groups in total. The quantitative estimate of drug-likeness (QED) is 0.389. The SMILES string of the molecule is CC(C)n1cnnc1-c1cccc(N2Cc3ccc(-c4ccc(C(C)(C)C(=O)O)cc4F)cc3C2=O)n1. The fourth-order valence-corrected chi connectivity index (χ4v) is 4.42. The number of hydrogen-bond donors (Lipinski definition) is 1. The van der Waals surface area contributed by atoms with Crippen LogP contribution in [-0.2, 0) is 16.8 Å². The number of aliphatic carboxylic acids is 1. The molecule has 37 heavy (non-hydrogen) atoms. The van der Waals surface area contributed by atoms with E-state index in [1.807, 2.05) is 36.6 Å². The Labute approximate surface area is 213 Å². The molecule has 0 saturated carbocycles. The first-order valence-electron chi connectivity index (χ1n) is 11.9. The van der Waals surface area contributed by atoms with E-state index in [1.165, 1.54) is 19.9 Å². The number of benzene rings is 2. The van der Waals surface area contributed by atoms with Crippen LogP contribution in [0.4, 0.5) is 10.2 Å². The Balaban J connectivity index is 1.45. The summed E-state index contributed by atoms with van der Waals surface area (Å²) in [7, 11) is 0. The average Bonchev–Trinajstić information content (AvgIpc) is 3.49. The van der Waals surface area contributed by atoms with Crippen molar-refractivity contribution in [1.82, 2.24) is 19.7 Å². The van der Waals surface area contributed by atoms with Crippen LogP contribution in [0.15, 0.2) is 60.9 Å². The van der Waals surface area contributed by atoms with Gasteiger partial charge in [0.05, 0.1) is 12.0 Å². The van der Waals surface area contributed by atoms with Gasteiger partial charge in [-0.25, -0.2) is 9.37 Å². The van der Waals surface area contributed by atoms with Gasteiger partial charge in [0.25, 0.3) is 5.91 Å². The monoisotopic (exact) mass is 499 g/mol. The highest BCUT2D eigenvalue weighted by atomic mass is 19.1. The van der Waals surface area contributed by atoms with Crippen LogP contribution in [0.1, 0.15) is 55.2 Å². The predicted molar refractivity (Wildman–Crippen MR) is 137 cm³/mol. The second-order valence-electron chi connectivity index (χ2n) is 9.92. The molecule has 4 aromatic rings. The van der Waals surface area contributed by atoms with Gasteiger partial charge in [-0.05, 0) is 68.7 Å². The maximum absolute atomic E-state index is 15.1. The molecule has 1 amide bonds. The Morgan fingerprint density at radius 1 is 1.08 bits per heavy atom. The van der Waals surface area contributed by atoms with Crippen molar-refractivity contribution in [1.29, 1.82) is 0 Å². The zero-order valence-electron chi connectivity index (χ0n) is 20.9. The maximum Gasteiger partial charge on any atom is 0.313 e. The van der Waals surface area contributed by atoms with E-state index in [1.54, 1.807) is 41.6 Å². The van der Waals surface area contributed by atoms with Gasteiger partial charge in [-0.15, -0.1) is 10.2 Å². The number of fused-ring (bicyclic) bond motifs is 1. The number of anilines is 1. The molecule has 0 unspecified atom stereocenters. The maximum atomic E-state index is 15.1. The van der Waals surface area contributed by atoms with E-state index in [4.69, 9.17) is 0 Å². The lowest BCUT2D eigenvalue weighted by molar-refractivity contribution is -0.142. The van der Waals surface area contributed by atoms with E-state index in [-0.39, 0.29) is 11.9 Å². The third-order valence-electron chi connectivity index (χ3n) is 6.82.